The summed E-state index contributed by atoms with van der Waals surface area (Å²) in [5, 5.41) is 4.88. The predicted octanol–water partition coefficient (Wildman–Crippen LogP) is 5.34. The second-order valence-corrected chi connectivity index (χ2v) is 9.64. The van der Waals surface area contributed by atoms with Crippen LogP contribution in [0.15, 0.2) is 84.9 Å². The van der Waals surface area contributed by atoms with Crippen LogP contribution in [0.1, 0.15) is 21.6 Å². The molecule has 0 unspecified atom stereocenters. The van der Waals surface area contributed by atoms with Gasteiger partial charge in [0, 0.05) is 44.4 Å². The summed E-state index contributed by atoms with van der Waals surface area (Å²) in [6.45, 7) is 5.87. The molecule has 0 spiro atoms. The molecule has 0 bridgehead atoms. The van der Waals surface area contributed by atoms with Crippen LogP contribution in [-0.4, -0.2) is 72.4 Å². The Morgan fingerprint density at radius 2 is 1.69 bits per heavy atom. The molecule has 0 N–H and O–H groups in total. The number of piperazine rings is 1. The Kier molecular flexibility index (Phi) is 8.08. The van der Waals surface area contributed by atoms with Crippen LogP contribution in [-0.2, 0) is 0 Å². The van der Waals surface area contributed by atoms with Crippen molar-refractivity contribution in [2.24, 2.45) is 0 Å². The minimum absolute atomic E-state index is 0.0257. The molecule has 3 aromatic carbocycles. The first-order valence-corrected chi connectivity index (χ1v) is 13.2. The topological polar surface area (TPSA) is 59.8 Å². The second kappa shape index (κ2) is 12.0. The average Bonchev–Trinajstić information content (AvgIpc) is 3.43. The number of carbonyl (C=O) groups is 1. The van der Waals surface area contributed by atoms with Crippen LogP contribution in [0, 0.1) is 6.92 Å². The van der Waals surface area contributed by atoms with E-state index >= 15 is 0 Å². The molecule has 1 aliphatic rings. The van der Waals surface area contributed by atoms with Gasteiger partial charge >= 0.3 is 0 Å². The molecular weight excluding hydrogens is 488 g/mol. The largest absolute Gasteiger partial charge is 0.497 e. The number of aryl methyl sites for hydroxylation is 1. The van der Waals surface area contributed by atoms with Crippen molar-refractivity contribution in [3.63, 3.8) is 0 Å². The normalized spacial score (nSPS) is 14.1. The number of benzene rings is 3. The summed E-state index contributed by atoms with van der Waals surface area (Å²) in [6.07, 6.45) is 4.33. The van der Waals surface area contributed by atoms with Gasteiger partial charge in [-0.05, 0) is 48.4 Å². The number of hydrogen-bond donors (Lipinski definition) is 0. The number of rotatable bonds is 8. The predicted molar refractivity (Wildman–Crippen MR) is 155 cm³/mol. The number of hydrogen-bond acceptors (Lipinski definition) is 5. The molecule has 0 saturated carbocycles. The summed E-state index contributed by atoms with van der Waals surface area (Å²) in [5.41, 5.74) is 5.15. The minimum atomic E-state index is -0.0257. The van der Waals surface area contributed by atoms with E-state index in [0.29, 0.717) is 36.0 Å². The zero-order valence-corrected chi connectivity index (χ0v) is 22.7. The number of methoxy groups -OCH3 is 2. The van der Waals surface area contributed by atoms with Crippen molar-refractivity contribution >= 4 is 12.0 Å². The Labute approximate surface area is 229 Å². The van der Waals surface area contributed by atoms with E-state index < -0.39 is 0 Å². The zero-order valence-electron chi connectivity index (χ0n) is 22.7. The molecule has 4 aromatic rings. The van der Waals surface area contributed by atoms with Crippen LogP contribution in [0.5, 0.6) is 11.5 Å². The maximum atomic E-state index is 13.9. The highest BCUT2D eigenvalue weighted by Gasteiger charge is 2.26. The second-order valence-electron chi connectivity index (χ2n) is 9.64. The summed E-state index contributed by atoms with van der Waals surface area (Å²) in [4.78, 5) is 18.2. The van der Waals surface area contributed by atoms with E-state index in [2.05, 4.69) is 29.2 Å². The first-order chi connectivity index (χ1) is 19.1. The summed E-state index contributed by atoms with van der Waals surface area (Å²) < 4.78 is 12.7. The molecule has 1 aliphatic heterocycles. The number of ether oxygens (including phenoxy) is 2. The lowest BCUT2D eigenvalue weighted by molar-refractivity contribution is 0.0641. The fourth-order valence-electron chi connectivity index (χ4n) is 4.83. The first kappa shape index (κ1) is 26.3. The zero-order chi connectivity index (χ0) is 27.2. The van der Waals surface area contributed by atoms with E-state index in [1.165, 1.54) is 5.56 Å². The maximum absolute atomic E-state index is 13.9. The SMILES string of the molecule is COc1ccc(-c2cc(C(=O)N3CCN(CC=Cc4ccccc4)CC3)n(-c3cccc(C)c3)n2)c(OC)c1. The Morgan fingerprint density at radius 1 is 0.897 bits per heavy atom. The van der Waals surface area contributed by atoms with Crippen LogP contribution < -0.4 is 9.47 Å². The third kappa shape index (κ3) is 6.04. The summed E-state index contributed by atoms with van der Waals surface area (Å²) in [7, 11) is 3.24. The number of aromatic nitrogens is 2. The fraction of sp³-hybridized carbons (Fsp3) is 0.250. The van der Waals surface area contributed by atoms with Gasteiger partial charge in [0.15, 0.2) is 0 Å². The van der Waals surface area contributed by atoms with Gasteiger partial charge < -0.3 is 14.4 Å². The van der Waals surface area contributed by atoms with Gasteiger partial charge in [0.1, 0.15) is 17.2 Å². The van der Waals surface area contributed by atoms with Gasteiger partial charge in [-0.3, -0.25) is 9.69 Å². The number of nitrogens with zero attached hydrogens (tertiary/aromatic N) is 4. The van der Waals surface area contributed by atoms with Crippen LogP contribution in [0.4, 0.5) is 0 Å². The summed E-state index contributed by atoms with van der Waals surface area (Å²) in [6, 6.07) is 25.8. The van der Waals surface area contributed by atoms with Crippen LogP contribution in [0.2, 0.25) is 0 Å². The molecule has 0 atom stereocenters. The van der Waals surface area contributed by atoms with E-state index in [4.69, 9.17) is 14.6 Å². The molecule has 39 heavy (non-hydrogen) atoms. The highest BCUT2D eigenvalue weighted by molar-refractivity contribution is 5.94. The first-order valence-electron chi connectivity index (χ1n) is 13.2. The molecule has 0 aliphatic carbocycles. The molecule has 7 nitrogen and oxygen atoms in total. The third-order valence-electron chi connectivity index (χ3n) is 6.99. The summed E-state index contributed by atoms with van der Waals surface area (Å²) in [5.74, 6) is 1.31. The standard InChI is InChI=1S/C32H34N4O3/c1-24-9-7-13-26(21-24)36-30(23-29(33-36)28-15-14-27(38-2)22-31(28)39-3)32(37)35-19-17-34(18-20-35)16-8-12-25-10-5-4-6-11-25/h4-15,21-23H,16-20H2,1-3H3. The molecule has 1 fully saturated rings. The van der Waals surface area contributed by atoms with Gasteiger partial charge in [0.25, 0.3) is 5.91 Å². The molecule has 2 heterocycles. The van der Waals surface area contributed by atoms with Crippen molar-refractivity contribution in [3.05, 3.63) is 102 Å². The minimum Gasteiger partial charge on any atom is -0.497 e. The third-order valence-corrected chi connectivity index (χ3v) is 6.99. The maximum Gasteiger partial charge on any atom is 0.272 e. The monoisotopic (exact) mass is 522 g/mol. The van der Waals surface area contributed by atoms with E-state index in [1.54, 1.807) is 18.9 Å². The van der Waals surface area contributed by atoms with Gasteiger partial charge in [-0.25, -0.2) is 4.68 Å². The molecule has 0 radical (unpaired) electrons. The molecule has 1 saturated heterocycles. The molecular formula is C32H34N4O3. The molecule has 5 rings (SSSR count). The lowest BCUT2D eigenvalue weighted by atomic mass is 10.1. The lowest BCUT2D eigenvalue weighted by Crippen LogP contribution is -2.49. The van der Waals surface area contributed by atoms with Crippen molar-refractivity contribution < 1.29 is 14.3 Å². The smallest absolute Gasteiger partial charge is 0.272 e. The van der Waals surface area contributed by atoms with Gasteiger partial charge in [-0.1, -0.05) is 54.6 Å². The number of carbonyl (C=O) groups excluding carboxylic acids is 1. The van der Waals surface area contributed by atoms with Crippen LogP contribution in [0.3, 0.4) is 0 Å². The van der Waals surface area contributed by atoms with Crippen molar-refractivity contribution in [2.75, 3.05) is 46.9 Å². The van der Waals surface area contributed by atoms with Crippen molar-refractivity contribution in [2.45, 2.75) is 6.92 Å². The van der Waals surface area contributed by atoms with Gasteiger partial charge in [0.05, 0.1) is 25.6 Å². The Bertz CT molecular complexity index is 1450. The van der Waals surface area contributed by atoms with Crippen LogP contribution >= 0.6 is 0 Å². The Hall–Kier alpha value is -4.36. The Morgan fingerprint density at radius 3 is 2.41 bits per heavy atom. The highest BCUT2D eigenvalue weighted by Crippen LogP contribution is 2.34. The van der Waals surface area contributed by atoms with Crippen molar-refractivity contribution in [1.29, 1.82) is 0 Å². The van der Waals surface area contributed by atoms with E-state index in [0.717, 1.165) is 36.4 Å². The summed E-state index contributed by atoms with van der Waals surface area (Å²) >= 11 is 0. The van der Waals surface area contributed by atoms with Crippen molar-refractivity contribution in [1.82, 2.24) is 19.6 Å². The van der Waals surface area contributed by atoms with Gasteiger partial charge in [0.2, 0.25) is 0 Å². The van der Waals surface area contributed by atoms with Crippen LogP contribution in [0.25, 0.3) is 23.0 Å². The molecule has 7 heteroatoms. The van der Waals surface area contributed by atoms with E-state index in [1.807, 2.05) is 78.6 Å². The van der Waals surface area contributed by atoms with E-state index in [9.17, 15) is 4.79 Å². The fourth-order valence-corrected chi connectivity index (χ4v) is 4.83. The van der Waals surface area contributed by atoms with E-state index in [-0.39, 0.29) is 5.91 Å². The number of amides is 1. The highest BCUT2D eigenvalue weighted by atomic mass is 16.5. The Balaban J connectivity index is 1.37. The molecule has 1 amide bonds. The van der Waals surface area contributed by atoms with Crippen molar-refractivity contribution in [3.8, 4) is 28.4 Å². The quantitative estimate of drug-likeness (QED) is 0.313. The molecule has 200 valence electrons. The average molecular weight is 523 g/mol. The molecule has 1 aromatic heterocycles. The van der Waals surface area contributed by atoms with Gasteiger partial charge in [-0.2, -0.15) is 5.10 Å². The van der Waals surface area contributed by atoms with Gasteiger partial charge in [-0.15, -0.1) is 0 Å². The lowest BCUT2D eigenvalue weighted by Gasteiger charge is -2.34.